The molecule has 0 amide bonds. The third-order valence-electron chi connectivity index (χ3n) is 0.915. The fraction of sp³-hybridized carbons (Fsp3) is 1.00. The van der Waals surface area contributed by atoms with Gasteiger partial charge in [-0.1, -0.05) is 0 Å². The first-order chi connectivity index (χ1) is 4.81. The minimum absolute atomic E-state index is 0.0589. The van der Waals surface area contributed by atoms with Crippen LogP contribution < -0.4 is 0 Å². The summed E-state index contributed by atoms with van der Waals surface area (Å²) >= 11 is 0. The summed E-state index contributed by atoms with van der Waals surface area (Å²) in [6, 6.07) is 1.98. The molecule has 0 N–H and O–H groups in total. The van der Waals surface area contributed by atoms with Gasteiger partial charge in [0.2, 0.25) is 0 Å². The SMILES string of the molecule is [B]=BB=BB=S(#B)CCC. The fourth-order valence-corrected chi connectivity index (χ4v) is 1.41. The fourth-order valence-electron chi connectivity index (χ4n) is 0.514. The van der Waals surface area contributed by atoms with Gasteiger partial charge in [-0.25, -0.2) is 0 Å². The maximum absolute atomic E-state index is 5.69. The van der Waals surface area contributed by atoms with Crippen molar-refractivity contribution in [2.45, 2.75) is 13.3 Å². The number of hydrogen-bond donors (Lipinski definition) is 0. The molecule has 0 aliphatic carbocycles. The Morgan fingerprint density at radius 2 is 2.10 bits per heavy atom. The van der Waals surface area contributed by atoms with Crippen molar-refractivity contribution in [3.05, 3.63) is 0 Å². The third kappa shape index (κ3) is 6.73. The van der Waals surface area contributed by atoms with E-state index in [-0.39, 0.29) is 9.56 Å². The molecule has 0 aromatic carbocycles. The predicted molar refractivity (Wildman–Crippen MR) is 57.3 cm³/mol. The van der Waals surface area contributed by atoms with Crippen LogP contribution in [0.1, 0.15) is 13.3 Å². The average Bonchev–Trinajstić information content (AvgIpc) is 1.89. The van der Waals surface area contributed by atoms with E-state index in [1.54, 1.807) is 6.69 Å². The third-order valence-corrected chi connectivity index (χ3v) is 2.30. The van der Waals surface area contributed by atoms with Gasteiger partial charge >= 0.3 is 68.7 Å². The molecule has 10 heavy (non-hydrogen) atoms. The van der Waals surface area contributed by atoms with Gasteiger partial charge < -0.3 is 0 Å². The Labute approximate surface area is 69.0 Å². The standard InChI is InChI=1S/C3H7B6S/c1-2-3-10(5)9-8-7-6-4/h2-3H2,1H3. The molecule has 0 aromatic heterocycles. The number of rotatable bonds is 3. The van der Waals surface area contributed by atoms with E-state index >= 15 is 0 Å². The van der Waals surface area contributed by atoms with Gasteiger partial charge in [-0.15, -0.1) is 0 Å². The average molecular weight is 140 g/mol. The molecule has 0 saturated heterocycles. The van der Waals surface area contributed by atoms with Gasteiger partial charge in [0.1, 0.15) is 0 Å². The van der Waals surface area contributed by atoms with Crippen LogP contribution in [-0.2, 0) is 0 Å². The summed E-state index contributed by atoms with van der Waals surface area (Å²) in [5.74, 6) is 1.06. The summed E-state index contributed by atoms with van der Waals surface area (Å²) in [4.78, 5) is 0. The van der Waals surface area contributed by atoms with Crippen molar-refractivity contribution in [3.8, 4) is 0 Å². The first-order valence-electron chi connectivity index (χ1n) is 3.30. The van der Waals surface area contributed by atoms with Crippen LogP contribution in [0, 0.1) is 0 Å². The van der Waals surface area contributed by atoms with Crippen LogP contribution >= 0.6 is 9.56 Å². The van der Waals surface area contributed by atoms with E-state index in [1.807, 2.05) is 12.7 Å². The minimum atomic E-state index is -0.0589. The predicted octanol–water partition coefficient (Wildman–Crippen LogP) is -0.691. The Kier molecular flexibility index (Phi) is 8.18. The summed E-state index contributed by atoms with van der Waals surface area (Å²) in [7, 11) is 5.06. The Hall–Kier alpha value is 0.610. The molecule has 0 aliphatic heterocycles. The zero-order valence-electron chi connectivity index (χ0n) is 6.29. The van der Waals surface area contributed by atoms with Crippen molar-refractivity contribution in [1.29, 1.82) is 0 Å². The molecule has 0 unspecified atom stereocenters. The summed E-state index contributed by atoms with van der Waals surface area (Å²) in [5, 5.41) is 0. The van der Waals surface area contributed by atoms with E-state index in [9.17, 15) is 0 Å². The normalized spacial score (nSPS) is 9.60. The van der Waals surface area contributed by atoms with Crippen molar-refractivity contribution in [1.82, 2.24) is 0 Å². The zero-order valence-corrected chi connectivity index (χ0v) is 7.10. The van der Waals surface area contributed by atoms with Crippen LogP contribution in [0.3, 0.4) is 0 Å². The van der Waals surface area contributed by atoms with E-state index in [2.05, 4.69) is 6.92 Å². The maximum atomic E-state index is 5.69. The number of hydrogen-bond acceptors (Lipinski definition) is 0. The van der Waals surface area contributed by atoms with Crippen molar-refractivity contribution in [3.63, 3.8) is 0 Å². The molecule has 43 valence electrons. The molecule has 0 saturated carbocycles. The van der Waals surface area contributed by atoms with Crippen molar-refractivity contribution < 1.29 is 0 Å². The topological polar surface area (TPSA) is 0 Å². The molecule has 0 aromatic rings. The van der Waals surface area contributed by atoms with E-state index in [0.29, 0.717) is 0 Å². The van der Waals surface area contributed by atoms with E-state index < -0.39 is 0 Å². The van der Waals surface area contributed by atoms with E-state index in [0.717, 1.165) is 12.2 Å². The Morgan fingerprint density at radius 1 is 1.40 bits per heavy atom. The quantitative estimate of drug-likeness (QED) is 0.455. The molecule has 0 heterocycles. The van der Waals surface area contributed by atoms with Crippen LogP contribution in [0.25, 0.3) is 0 Å². The second-order valence-electron chi connectivity index (χ2n) is 1.89. The molecule has 0 atom stereocenters. The molecule has 0 bridgehead atoms. The molecule has 0 spiro atoms. The summed E-state index contributed by atoms with van der Waals surface area (Å²) in [6.45, 7) is 13.0. The second-order valence-corrected chi connectivity index (χ2v) is 3.51. The van der Waals surface area contributed by atoms with Gasteiger partial charge in [0.25, 0.3) is 0 Å². The van der Waals surface area contributed by atoms with Gasteiger partial charge in [0.15, 0.2) is 0 Å². The van der Waals surface area contributed by atoms with Crippen molar-refractivity contribution in [2.24, 2.45) is 0 Å². The monoisotopic (exact) mass is 141 g/mol. The first kappa shape index (κ1) is 10.6. The van der Waals surface area contributed by atoms with Crippen LogP contribution in [0.4, 0.5) is 0 Å². The van der Waals surface area contributed by atoms with Crippen LogP contribution in [0.15, 0.2) is 0 Å². The molecule has 0 nitrogen and oxygen atoms in total. The van der Waals surface area contributed by atoms with Gasteiger partial charge in [-0.2, -0.15) is 0 Å². The molecular formula is C3H7B6S. The van der Waals surface area contributed by atoms with Crippen LogP contribution in [0.5, 0.6) is 0 Å². The molecule has 0 aliphatic rings. The Balaban J connectivity index is 3.84. The summed E-state index contributed by atoms with van der Waals surface area (Å²) in [6.07, 6.45) is 1.14. The van der Waals surface area contributed by atoms with Crippen LogP contribution in [0.2, 0.25) is 0 Å². The Morgan fingerprint density at radius 3 is 2.60 bits per heavy atom. The van der Waals surface area contributed by atoms with E-state index in [4.69, 9.17) is 13.9 Å². The summed E-state index contributed by atoms with van der Waals surface area (Å²) < 4.78 is 0. The second kappa shape index (κ2) is 7.71. The zero-order chi connectivity index (χ0) is 7.82. The van der Waals surface area contributed by atoms with Crippen molar-refractivity contribution >= 4 is 49.6 Å². The summed E-state index contributed by atoms with van der Waals surface area (Å²) in [5.41, 5.74) is 0. The van der Waals surface area contributed by atoms with Gasteiger partial charge in [0.05, 0.1) is 0 Å². The van der Waals surface area contributed by atoms with Gasteiger partial charge in [-0.3, -0.25) is 0 Å². The molecule has 7 heteroatoms. The Bertz CT molecular complexity index is 235. The molecule has 0 rings (SSSR count). The molecular weight excluding hydrogens is 133 g/mol. The van der Waals surface area contributed by atoms with Crippen LogP contribution in [-0.4, -0.2) is 45.8 Å². The van der Waals surface area contributed by atoms with Gasteiger partial charge in [-0.05, 0) is 0 Å². The molecule has 1 radical (unpaired) electrons. The van der Waals surface area contributed by atoms with Crippen molar-refractivity contribution in [2.75, 3.05) is 5.75 Å². The molecule has 0 fully saturated rings. The van der Waals surface area contributed by atoms with Gasteiger partial charge in [0, 0.05) is 0 Å². The first-order valence-corrected chi connectivity index (χ1v) is 4.82. The van der Waals surface area contributed by atoms with E-state index in [1.165, 1.54) is 6.69 Å².